The molecule has 0 N–H and O–H groups in total. The maximum atomic E-state index is 5.88. The number of aryl methyl sites for hydroxylation is 1. The highest BCUT2D eigenvalue weighted by atomic mass is 16.5. The van der Waals surface area contributed by atoms with Gasteiger partial charge < -0.3 is 9.30 Å². The molecule has 3 rings (SSSR count). The monoisotopic (exact) mass is 292 g/mol. The Hall–Kier alpha value is -0.910. The van der Waals surface area contributed by atoms with E-state index in [0.717, 1.165) is 45.2 Å². The average molecular weight is 292 g/mol. The lowest BCUT2D eigenvalue weighted by atomic mass is 10.1. The van der Waals surface area contributed by atoms with E-state index in [1.807, 2.05) is 12.4 Å². The van der Waals surface area contributed by atoms with Crippen LogP contribution in [0.4, 0.5) is 0 Å². The summed E-state index contributed by atoms with van der Waals surface area (Å²) < 4.78 is 8.00. The zero-order chi connectivity index (χ0) is 14.7. The number of hydrogen-bond acceptors (Lipinski definition) is 4. The third-order valence-electron chi connectivity index (χ3n) is 4.85. The maximum Gasteiger partial charge on any atom is 0.122 e. The van der Waals surface area contributed by atoms with Crippen LogP contribution in [0.1, 0.15) is 32.0 Å². The summed E-state index contributed by atoms with van der Waals surface area (Å²) in [6.07, 6.45) is 8.19. The third-order valence-corrected chi connectivity index (χ3v) is 4.85. The van der Waals surface area contributed by atoms with E-state index in [-0.39, 0.29) is 0 Å². The molecule has 118 valence electrons. The lowest BCUT2D eigenvalue weighted by Crippen LogP contribution is -2.53. The Morgan fingerprint density at radius 3 is 2.90 bits per heavy atom. The van der Waals surface area contributed by atoms with E-state index >= 15 is 0 Å². The van der Waals surface area contributed by atoms with Gasteiger partial charge in [-0.1, -0.05) is 0 Å². The van der Waals surface area contributed by atoms with E-state index in [0.29, 0.717) is 12.1 Å². The van der Waals surface area contributed by atoms with Gasteiger partial charge in [-0.05, 0) is 26.2 Å². The summed E-state index contributed by atoms with van der Waals surface area (Å²) in [4.78, 5) is 9.57. The van der Waals surface area contributed by atoms with Gasteiger partial charge in [0.05, 0.1) is 12.6 Å². The summed E-state index contributed by atoms with van der Waals surface area (Å²) >= 11 is 0. The predicted octanol–water partition coefficient (Wildman–Crippen LogP) is 1.50. The van der Waals surface area contributed by atoms with Crippen LogP contribution < -0.4 is 0 Å². The van der Waals surface area contributed by atoms with Crippen molar-refractivity contribution >= 4 is 0 Å². The molecule has 3 heterocycles. The van der Waals surface area contributed by atoms with Gasteiger partial charge in [-0.2, -0.15) is 0 Å². The molecule has 2 fully saturated rings. The van der Waals surface area contributed by atoms with Gasteiger partial charge >= 0.3 is 0 Å². The van der Waals surface area contributed by atoms with Crippen molar-refractivity contribution in [2.24, 2.45) is 7.05 Å². The standard InChI is InChI=1S/C16H28N4O/c1-14-11-19(12-15-5-3-4-10-21-15)8-9-20(14)13-16-17-6-7-18(16)2/h6-7,14-15H,3-5,8-13H2,1-2H3/t14-,15+/m1/s1. The molecule has 2 aliphatic heterocycles. The van der Waals surface area contributed by atoms with Crippen molar-refractivity contribution in [2.75, 3.05) is 32.8 Å². The Labute approximate surface area is 127 Å². The number of nitrogens with zero attached hydrogens (tertiary/aromatic N) is 4. The molecule has 1 aromatic rings. The van der Waals surface area contributed by atoms with Crippen LogP contribution >= 0.6 is 0 Å². The second-order valence-corrected chi connectivity index (χ2v) is 6.52. The van der Waals surface area contributed by atoms with E-state index in [9.17, 15) is 0 Å². The summed E-state index contributed by atoms with van der Waals surface area (Å²) in [6.45, 7) is 8.77. The van der Waals surface area contributed by atoms with Crippen LogP contribution in [0.2, 0.25) is 0 Å². The highest BCUT2D eigenvalue weighted by Crippen LogP contribution is 2.17. The molecule has 0 amide bonds. The number of rotatable bonds is 4. The van der Waals surface area contributed by atoms with Gasteiger partial charge in [-0.25, -0.2) is 4.98 Å². The predicted molar refractivity (Wildman–Crippen MR) is 83.1 cm³/mol. The van der Waals surface area contributed by atoms with Crippen LogP contribution in [0.15, 0.2) is 12.4 Å². The van der Waals surface area contributed by atoms with Crippen LogP contribution in [-0.4, -0.2) is 64.3 Å². The number of ether oxygens (including phenoxy) is 1. The normalized spacial score (nSPS) is 28.9. The molecule has 2 atom stereocenters. The molecule has 2 aliphatic rings. The first-order valence-corrected chi connectivity index (χ1v) is 8.26. The first-order valence-electron chi connectivity index (χ1n) is 8.26. The van der Waals surface area contributed by atoms with Crippen molar-refractivity contribution in [3.63, 3.8) is 0 Å². The molecular formula is C16H28N4O. The zero-order valence-corrected chi connectivity index (χ0v) is 13.4. The summed E-state index contributed by atoms with van der Waals surface area (Å²) in [5, 5.41) is 0. The largest absolute Gasteiger partial charge is 0.377 e. The smallest absolute Gasteiger partial charge is 0.122 e. The van der Waals surface area contributed by atoms with Crippen molar-refractivity contribution in [3.8, 4) is 0 Å². The van der Waals surface area contributed by atoms with Crippen molar-refractivity contribution in [3.05, 3.63) is 18.2 Å². The molecule has 0 aromatic carbocycles. The minimum atomic E-state index is 0.465. The van der Waals surface area contributed by atoms with Gasteiger partial charge in [0.2, 0.25) is 0 Å². The van der Waals surface area contributed by atoms with E-state index in [4.69, 9.17) is 4.74 Å². The highest BCUT2D eigenvalue weighted by Gasteiger charge is 2.26. The molecule has 21 heavy (non-hydrogen) atoms. The fourth-order valence-corrected chi connectivity index (χ4v) is 3.44. The molecular weight excluding hydrogens is 264 g/mol. The Balaban J connectivity index is 1.48. The molecule has 0 bridgehead atoms. The molecule has 0 aliphatic carbocycles. The second-order valence-electron chi connectivity index (χ2n) is 6.52. The van der Waals surface area contributed by atoms with Gasteiger partial charge in [0.1, 0.15) is 5.82 Å². The van der Waals surface area contributed by atoms with Crippen molar-refractivity contribution in [2.45, 2.75) is 44.9 Å². The Bertz CT molecular complexity index is 441. The molecule has 0 unspecified atom stereocenters. The average Bonchev–Trinajstić information content (AvgIpc) is 2.88. The molecule has 0 radical (unpaired) electrons. The Morgan fingerprint density at radius 1 is 1.33 bits per heavy atom. The van der Waals surface area contributed by atoms with Gasteiger partial charge in [0.15, 0.2) is 0 Å². The Kier molecular flexibility index (Phi) is 4.93. The van der Waals surface area contributed by atoms with E-state index < -0.39 is 0 Å². The molecule has 0 spiro atoms. The zero-order valence-electron chi connectivity index (χ0n) is 13.4. The van der Waals surface area contributed by atoms with Crippen LogP contribution in [0, 0.1) is 0 Å². The number of piperazine rings is 1. The summed E-state index contributed by atoms with van der Waals surface area (Å²) in [7, 11) is 2.07. The molecule has 0 saturated carbocycles. The minimum absolute atomic E-state index is 0.465. The molecule has 2 saturated heterocycles. The number of aromatic nitrogens is 2. The lowest BCUT2D eigenvalue weighted by molar-refractivity contribution is -0.0221. The van der Waals surface area contributed by atoms with Crippen LogP contribution in [0.5, 0.6) is 0 Å². The topological polar surface area (TPSA) is 33.5 Å². The van der Waals surface area contributed by atoms with Crippen LogP contribution in [0.3, 0.4) is 0 Å². The van der Waals surface area contributed by atoms with E-state index in [2.05, 4.69) is 33.3 Å². The van der Waals surface area contributed by atoms with E-state index in [1.165, 1.54) is 19.3 Å². The third kappa shape index (κ3) is 3.84. The first kappa shape index (κ1) is 15.0. The number of imidazole rings is 1. The van der Waals surface area contributed by atoms with Gasteiger partial charge in [-0.3, -0.25) is 9.80 Å². The quantitative estimate of drug-likeness (QED) is 0.842. The minimum Gasteiger partial charge on any atom is -0.377 e. The van der Waals surface area contributed by atoms with Gasteiger partial charge in [0.25, 0.3) is 0 Å². The van der Waals surface area contributed by atoms with Gasteiger partial charge in [0, 0.05) is 58.3 Å². The maximum absolute atomic E-state index is 5.88. The van der Waals surface area contributed by atoms with E-state index in [1.54, 1.807) is 0 Å². The van der Waals surface area contributed by atoms with Crippen molar-refractivity contribution in [1.82, 2.24) is 19.4 Å². The Morgan fingerprint density at radius 2 is 2.24 bits per heavy atom. The highest BCUT2D eigenvalue weighted by molar-refractivity contribution is 4.93. The van der Waals surface area contributed by atoms with Crippen LogP contribution in [0.25, 0.3) is 0 Å². The fraction of sp³-hybridized carbons (Fsp3) is 0.812. The lowest BCUT2D eigenvalue weighted by Gasteiger charge is -2.41. The number of hydrogen-bond donors (Lipinski definition) is 0. The van der Waals surface area contributed by atoms with Crippen LogP contribution in [-0.2, 0) is 18.3 Å². The second kappa shape index (κ2) is 6.90. The van der Waals surface area contributed by atoms with Crippen molar-refractivity contribution in [1.29, 1.82) is 0 Å². The molecule has 5 heteroatoms. The summed E-state index contributed by atoms with van der Waals surface area (Å²) in [5.41, 5.74) is 0. The summed E-state index contributed by atoms with van der Waals surface area (Å²) in [6, 6.07) is 0.582. The fourth-order valence-electron chi connectivity index (χ4n) is 3.44. The van der Waals surface area contributed by atoms with Gasteiger partial charge in [-0.15, -0.1) is 0 Å². The molecule has 1 aromatic heterocycles. The molecule has 5 nitrogen and oxygen atoms in total. The SMILES string of the molecule is C[C@@H]1CN(C[C@@H]2CCCCO2)CCN1Cc1nccn1C. The first-order chi connectivity index (χ1) is 10.2. The summed E-state index contributed by atoms with van der Waals surface area (Å²) in [5.74, 6) is 1.16. The van der Waals surface area contributed by atoms with Crippen molar-refractivity contribution < 1.29 is 4.74 Å².